The van der Waals surface area contributed by atoms with E-state index in [1.807, 2.05) is 18.2 Å². The number of hydrogen-bond acceptors (Lipinski definition) is 5. The van der Waals surface area contributed by atoms with Crippen LogP contribution in [0.5, 0.6) is 5.75 Å². The third kappa shape index (κ3) is 2.61. The number of hydrogen-bond donors (Lipinski definition) is 1. The summed E-state index contributed by atoms with van der Waals surface area (Å²) in [6.45, 7) is 2.01. The van der Waals surface area contributed by atoms with E-state index in [1.165, 1.54) is 5.56 Å². The van der Waals surface area contributed by atoms with Crippen LogP contribution in [0.4, 0.5) is 0 Å². The van der Waals surface area contributed by atoms with Crippen molar-refractivity contribution in [2.24, 2.45) is 0 Å². The molecule has 0 spiro atoms. The molecule has 1 aromatic carbocycles. The lowest BCUT2D eigenvalue weighted by atomic mass is 9.89. The molecule has 1 aliphatic rings. The molecule has 1 atom stereocenters. The van der Waals surface area contributed by atoms with Crippen molar-refractivity contribution in [3.05, 3.63) is 41.0 Å². The molecule has 0 fully saturated rings. The van der Waals surface area contributed by atoms with Crippen molar-refractivity contribution in [3.8, 4) is 5.75 Å². The summed E-state index contributed by atoms with van der Waals surface area (Å²) >= 11 is 0. The topological polar surface area (TPSA) is 68.4 Å². The summed E-state index contributed by atoms with van der Waals surface area (Å²) in [6, 6.07) is 5.84. The second kappa shape index (κ2) is 5.01. The van der Waals surface area contributed by atoms with Crippen molar-refractivity contribution in [2.75, 3.05) is 0 Å². The van der Waals surface area contributed by atoms with Crippen LogP contribution in [0, 0.1) is 6.92 Å². The molecule has 5 heteroatoms. The summed E-state index contributed by atoms with van der Waals surface area (Å²) in [5.41, 5.74) is 2.19. The van der Waals surface area contributed by atoms with E-state index in [9.17, 15) is 5.11 Å². The molecule has 1 aromatic heterocycles. The molecule has 3 rings (SSSR count). The lowest BCUT2D eigenvalue weighted by Crippen LogP contribution is -2.09. The van der Waals surface area contributed by atoms with Gasteiger partial charge < -0.3 is 14.4 Å². The zero-order valence-electron chi connectivity index (χ0n) is 10.8. The number of aryl methyl sites for hydroxylation is 2. The summed E-state index contributed by atoms with van der Waals surface area (Å²) in [4.78, 5) is 4.08. The molecule has 0 amide bonds. The summed E-state index contributed by atoms with van der Waals surface area (Å²) < 4.78 is 10.6. The molecule has 19 heavy (non-hydrogen) atoms. The summed E-state index contributed by atoms with van der Waals surface area (Å²) in [5, 5.41) is 13.7. The predicted molar refractivity (Wildman–Crippen MR) is 67.7 cm³/mol. The normalized spacial score (nSPS) is 18.1. The minimum Gasteiger partial charge on any atom is -0.484 e. The molecule has 0 radical (unpaired) electrons. The zero-order valence-corrected chi connectivity index (χ0v) is 10.8. The van der Waals surface area contributed by atoms with Crippen molar-refractivity contribution in [1.82, 2.24) is 10.1 Å². The van der Waals surface area contributed by atoms with Gasteiger partial charge in [-0.2, -0.15) is 4.98 Å². The summed E-state index contributed by atoms with van der Waals surface area (Å²) in [6.07, 6.45) is 2.50. The first kappa shape index (κ1) is 12.2. The van der Waals surface area contributed by atoms with Gasteiger partial charge in [-0.25, -0.2) is 0 Å². The van der Waals surface area contributed by atoms with Crippen molar-refractivity contribution >= 4 is 0 Å². The third-order valence-corrected chi connectivity index (χ3v) is 3.33. The molecule has 100 valence electrons. The van der Waals surface area contributed by atoms with Crippen molar-refractivity contribution < 1.29 is 14.4 Å². The fraction of sp³-hybridized carbons (Fsp3) is 0.429. The Kier molecular flexibility index (Phi) is 3.21. The highest BCUT2D eigenvalue weighted by Crippen LogP contribution is 2.32. The maximum absolute atomic E-state index is 9.98. The van der Waals surface area contributed by atoms with Crippen molar-refractivity contribution in [2.45, 2.75) is 38.9 Å². The lowest BCUT2D eigenvalue weighted by molar-refractivity contribution is 0.155. The molecule has 1 unspecified atom stereocenters. The van der Waals surface area contributed by atoms with E-state index in [4.69, 9.17) is 9.26 Å². The molecule has 0 bridgehead atoms. The fourth-order valence-electron chi connectivity index (χ4n) is 2.39. The van der Waals surface area contributed by atoms with Gasteiger partial charge in [-0.05, 0) is 49.4 Å². The van der Waals surface area contributed by atoms with Gasteiger partial charge in [0.2, 0.25) is 0 Å². The van der Waals surface area contributed by atoms with E-state index in [0.717, 1.165) is 30.6 Å². The summed E-state index contributed by atoms with van der Waals surface area (Å²) in [5.74, 6) is 1.77. The quantitative estimate of drug-likeness (QED) is 0.917. The fourth-order valence-corrected chi connectivity index (χ4v) is 2.39. The van der Waals surface area contributed by atoms with E-state index >= 15 is 0 Å². The zero-order chi connectivity index (χ0) is 13.2. The Bertz CT molecular complexity index is 580. The second-order valence-corrected chi connectivity index (χ2v) is 4.79. The highest BCUT2D eigenvalue weighted by Gasteiger charge is 2.18. The Morgan fingerprint density at radius 3 is 3.16 bits per heavy atom. The largest absolute Gasteiger partial charge is 0.484 e. The first-order valence-corrected chi connectivity index (χ1v) is 6.45. The van der Waals surface area contributed by atoms with Gasteiger partial charge in [0.1, 0.15) is 5.75 Å². The van der Waals surface area contributed by atoms with Gasteiger partial charge >= 0.3 is 0 Å². The van der Waals surface area contributed by atoms with Gasteiger partial charge in [-0.3, -0.25) is 0 Å². The average molecular weight is 260 g/mol. The van der Waals surface area contributed by atoms with E-state index in [-0.39, 0.29) is 12.7 Å². The predicted octanol–water partition coefficient (Wildman–Crippen LogP) is 2.33. The van der Waals surface area contributed by atoms with E-state index in [0.29, 0.717) is 11.7 Å². The van der Waals surface area contributed by atoms with Crippen LogP contribution < -0.4 is 4.74 Å². The van der Waals surface area contributed by atoms with E-state index < -0.39 is 0 Å². The van der Waals surface area contributed by atoms with E-state index in [2.05, 4.69) is 10.1 Å². The van der Waals surface area contributed by atoms with Crippen LogP contribution in [0.1, 0.15) is 41.8 Å². The number of aliphatic hydroxyl groups excluding tert-OH is 1. The molecule has 2 aromatic rings. The first-order chi connectivity index (χ1) is 9.22. The highest BCUT2D eigenvalue weighted by atomic mass is 16.5. The minimum absolute atomic E-state index is 0.246. The van der Waals surface area contributed by atoms with Crippen LogP contribution in [-0.2, 0) is 13.0 Å². The Labute approximate surface area is 111 Å². The van der Waals surface area contributed by atoms with Gasteiger partial charge in [0, 0.05) is 0 Å². The van der Waals surface area contributed by atoms with Gasteiger partial charge in [-0.15, -0.1) is 0 Å². The van der Waals surface area contributed by atoms with Crippen LogP contribution in [0.3, 0.4) is 0 Å². The van der Waals surface area contributed by atoms with Crippen LogP contribution in [0.15, 0.2) is 22.7 Å². The molecule has 1 N–H and O–H groups in total. The molecule has 5 nitrogen and oxygen atoms in total. The van der Waals surface area contributed by atoms with Crippen molar-refractivity contribution in [3.63, 3.8) is 0 Å². The number of fused-ring (bicyclic) bond motifs is 1. The van der Waals surface area contributed by atoms with Crippen LogP contribution in [0.25, 0.3) is 0 Å². The van der Waals surface area contributed by atoms with Gasteiger partial charge in [0.15, 0.2) is 12.4 Å². The minimum atomic E-state index is -0.377. The van der Waals surface area contributed by atoms with Crippen LogP contribution in [0.2, 0.25) is 0 Å². The molecule has 0 saturated heterocycles. The Morgan fingerprint density at radius 1 is 1.47 bits per heavy atom. The monoisotopic (exact) mass is 260 g/mol. The second-order valence-electron chi connectivity index (χ2n) is 4.79. The van der Waals surface area contributed by atoms with Crippen molar-refractivity contribution in [1.29, 1.82) is 0 Å². The number of nitrogens with zero attached hydrogens (tertiary/aromatic N) is 2. The molecular weight excluding hydrogens is 244 g/mol. The number of aromatic nitrogens is 2. The number of benzene rings is 1. The Hall–Kier alpha value is -1.88. The van der Waals surface area contributed by atoms with Crippen LogP contribution in [-0.4, -0.2) is 15.2 Å². The molecule has 1 aliphatic carbocycles. The van der Waals surface area contributed by atoms with Gasteiger partial charge in [0.05, 0.1) is 6.10 Å². The molecule has 1 heterocycles. The van der Waals surface area contributed by atoms with Gasteiger partial charge in [0.25, 0.3) is 5.89 Å². The third-order valence-electron chi connectivity index (χ3n) is 3.33. The molecule has 0 saturated carbocycles. The van der Waals surface area contributed by atoms with Crippen LogP contribution >= 0.6 is 0 Å². The van der Waals surface area contributed by atoms with Gasteiger partial charge in [-0.1, -0.05) is 11.2 Å². The molecule has 0 aliphatic heterocycles. The number of ether oxygens (including phenoxy) is 1. The Morgan fingerprint density at radius 2 is 2.37 bits per heavy atom. The maximum atomic E-state index is 9.98. The number of rotatable bonds is 3. The lowest BCUT2D eigenvalue weighted by Gasteiger charge is -2.21. The Balaban J connectivity index is 1.73. The number of aliphatic hydroxyl groups is 1. The first-order valence-electron chi connectivity index (χ1n) is 6.45. The maximum Gasteiger partial charge on any atom is 0.264 e. The smallest absolute Gasteiger partial charge is 0.264 e. The standard InChI is InChI=1S/C14H16N2O3/c1-9-15-14(19-16-9)8-18-11-6-5-10-3-2-4-13(17)12(10)7-11/h5-7,13,17H,2-4,8H2,1H3. The van der Waals surface area contributed by atoms with E-state index in [1.54, 1.807) is 6.92 Å². The average Bonchev–Trinajstić information content (AvgIpc) is 2.83. The summed E-state index contributed by atoms with van der Waals surface area (Å²) in [7, 11) is 0. The molecular formula is C14H16N2O3. The SMILES string of the molecule is Cc1noc(COc2ccc3c(c2)C(O)CCC3)n1. The highest BCUT2D eigenvalue weighted by molar-refractivity contribution is 5.38.